The SMILES string of the molecule is CCc1ccccc1Nc1nccc(C(=O)N2CCN(C)CC2)n1. The fourth-order valence-corrected chi connectivity index (χ4v) is 2.78. The first-order valence-electron chi connectivity index (χ1n) is 8.33. The van der Waals surface area contributed by atoms with Gasteiger partial charge in [-0.05, 0) is 31.2 Å². The maximum absolute atomic E-state index is 12.6. The van der Waals surface area contributed by atoms with Gasteiger partial charge in [-0.25, -0.2) is 9.97 Å². The number of benzene rings is 1. The standard InChI is InChI=1S/C18H23N5O/c1-3-14-6-4-5-7-15(14)20-18-19-9-8-16(21-18)17(24)23-12-10-22(2)11-13-23/h4-9H,3,10-13H2,1-2H3,(H,19,20,21). The number of nitrogens with one attached hydrogen (secondary N) is 1. The second kappa shape index (κ2) is 7.40. The molecule has 2 heterocycles. The number of nitrogens with zero attached hydrogens (tertiary/aromatic N) is 4. The monoisotopic (exact) mass is 325 g/mol. The minimum absolute atomic E-state index is 0.0303. The van der Waals surface area contributed by atoms with Gasteiger partial charge >= 0.3 is 0 Å². The molecule has 0 radical (unpaired) electrons. The van der Waals surface area contributed by atoms with Crippen molar-refractivity contribution in [3.63, 3.8) is 0 Å². The zero-order valence-electron chi connectivity index (χ0n) is 14.2. The van der Waals surface area contributed by atoms with Gasteiger partial charge in [0, 0.05) is 38.1 Å². The van der Waals surface area contributed by atoms with Gasteiger partial charge in [-0.1, -0.05) is 25.1 Å². The van der Waals surface area contributed by atoms with E-state index in [1.165, 1.54) is 5.56 Å². The van der Waals surface area contributed by atoms with Gasteiger partial charge < -0.3 is 15.1 Å². The number of aryl methyl sites for hydroxylation is 1. The van der Waals surface area contributed by atoms with E-state index in [9.17, 15) is 4.79 Å². The topological polar surface area (TPSA) is 61.4 Å². The fourth-order valence-electron chi connectivity index (χ4n) is 2.78. The van der Waals surface area contributed by atoms with Crippen LogP contribution in [-0.2, 0) is 6.42 Å². The number of para-hydroxylation sites is 1. The molecule has 126 valence electrons. The molecule has 2 aromatic rings. The Morgan fingerprint density at radius 2 is 1.92 bits per heavy atom. The van der Waals surface area contributed by atoms with E-state index in [2.05, 4.69) is 40.2 Å². The molecule has 1 aromatic carbocycles. The quantitative estimate of drug-likeness (QED) is 0.933. The molecule has 0 bridgehead atoms. The summed E-state index contributed by atoms with van der Waals surface area (Å²) in [4.78, 5) is 25.4. The third-order valence-corrected chi connectivity index (χ3v) is 4.31. The third kappa shape index (κ3) is 3.71. The summed E-state index contributed by atoms with van der Waals surface area (Å²) < 4.78 is 0. The first-order valence-corrected chi connectivity index (χ1v) is 8.33. The van der Waals surface area contributed by atoms with Crippen LogP contribution in [0.1, 0.15) is 23.0 Å². The Labute approximate surface area is 142 Å². The lowest BCUT2D eigenvalue weighted by Gasteiger charge is -2.32. The van der Waals surface area contributed by atoms with Crippen LogP contribution < -0.4 is 5.32 Å². The molecule has 1 aromatic heterocycles. The van der Waals surface area contributed by atoms with Crippen molar-refractivity contribution in [3.8, 4) is 0 Å². The van der Waals surface area contributed by atoms with Crippen molar-refractivity contribution in [1.82, 2.24) is 19.8 Å². The molecule has 1 saturated heterocycles. The number of piperazine rings is 1. The van der Waals surface area contributed by atoms with Gasteiger partial charge in [-0.2, -0.15) is 0 Å². The summed E-state index contributed by atoms with van der Waals surface area (Å²) in [6.07, 6.45) is 2.55. The Morgan fingerprint density at radius 3 is 2.67 bits per heavy atom. The highest BCUT2D eigenvalue weighted by molar-refractivity contribution is 5.92. The summed E-state index contributed by atoms with van der Waals surface area (Å²) in [6.45, 7) is 5.37. The largest absolute Gasteiger partial charge is 0.335 e. The second-order valence-electron chi connectivity index (χ2n) is 6.00. The Balaban J connectivity index is 1.75. The van der Waals surface area contributed by atoms with Crippen molar-refractivity contribution in [2.24, 2.45) is 0 Å². The molecule has 0 aliphatic carbocycles. The number of carbonyl (C=O) groups is 1. The second-order valence-corrected chi connectivity index (χ2v) is 6.00. The number of anilines is 2. The maximum Gasteiger partial charge on any atom is 0.272 e. The zero-order valence-corrected chi connectivity index (χ0v) is 14.2. The normalized spacial score (nSPS) is 15.3. The van der Waals surface area contributed by atoms with Crippen LogP contribution in [0.15, 0.2) is 36.5 Å². The van der Waals surface area contributed by atoms with Gasteiger partial charge in [0.05, 0.1) is 0 Å². The van der Waals surface area contributed by atoms with Crippen molar-refractivity contribution >= 4 is 17.5 Å². The highest BCUT2D eigenvalue weighted by Crippen LogP contribution is 2.19. The highest BCUT2D eigenvalue weighted by Gasteiger charge is 2.21. The molecule has 1 N–H and O–H groups in total. The molecule has 6 heteroatoms. The van der Waals surface area contributed by atoms with E-state index >= 15 is 0 Å². The van der Waals surface area contributed by atoms with Crippen molar-refractivity contribution in [2.45, 2.75) is 13.3 Å². The van der Waals surface area contributed by atoms with Crippen LogP contribution in [-0.4, -0.2) is 58.9 Å². The van der Waals surface area contributed by atoms with Gasteiger partial charge in [-0.3, -0.25) is 4.79 Å². The Bertz CT molecular complexity index is 710. The molecule has 24 heavy (non-hydrogen) atoms. The van der Waals surface area contributed by atoms with Crippen molar-refractivity contribution in [3.05, 3.63) is 47.8 Å². The lowest BCUT2D eigenvalue weighted by Crippen LogP contribution is -2.47. The molecule has 1 aliphatic heterocycles. The molecular formula is C18H23N5O. The summed E-state index contributed by atoms with van der Waals surface area (Å²) >= 11 is 0. The summed E-state index contributed by atoms with van der Waals surface area (Å²) in [5.41, 5.74) is 2.60. The molecule has 0 unspecified atom stereocenters. The summed E-state index contributed by atoms with van der Waals surface area (Å²) in [5.74, 6) is 0.424. The van der Waals surface area contributed by atoms with Gasteiger partial charge in [0.1, 0.15) is 5.69 Å². The molecule has 0 spiro atoms. The van der Waals surface area contributed by atoms with E-state index in [1.54, 1.807) is 12.3 Å². The van der Waals surface area contributed by atoms with Crippen LogP contribution in [0.25, 0.3) is 0 Å². The van der Waals surface area contributed by atoms with Crippen LogP contribution >= 0.6 is 0 Å². The smallest absolute Gasteiger partial charge is 0.272 e. The first kappa shape index (κ1) is 16.4. The van der Waals surface area contributed by atoms with E-state index in [-0.39, 0.29) is 5.91 Å². The Kier molecular flexibility index (Phi) is 5.05. The number of likely N-dealkylation sites (N-methyl/N-ethyl adjacent to an activating group) is 1. The molecule has 3 rings (SSSR count). The summed E-state index contributed by atoms with van der Waals surface area (Å²) in [7, 11) is 2.07. The third-order valence-electron chi connectivity index (χ3n) is 4.31. The van der Waals surface area contributed by atoms with Gasteiger partial charge in [-0.15, -0.1) is 0 Å². The van der Waals surface area contributed by atoms with Crippen LogP contribution in [0.5, 0.6) is 0 Å². The lowest BCUT2D eigenvalue weighted by atomic mass is 10.1. The number of hydrogen-bond acceptors (Lipinski definition) is 5. The summed E-state index contributed by atoms with van der Waals surface area (Å²) in [5, 5.41) is 3.23. The number of carbonyl (C=O) groups excluding carboxylic acids is 1. The van der Waals surface area contributed by atoms with Crippen molar-refractivity contribution < 1.29 is 4.79 Å². The molecule has 6 nitrogen and oxygen atoms in total. The van der Waals surface area contributed by atoms with Crippen LogP contribution in [0.4, 0.5) is 11.6 Å². The minimum Gasteiger partial charge on any atom is -0.335 e. The molecular weight excluding hydrogens is 302 g/mol. The van der Waals surface area contributed by atoms with E-state index in [4.69, 9.17) is 0 Å². The van der Waals surface area contributed by atoms with E-state index < -0.39 is 0 Å². The number of aromatic nitrogens is 2. The predicted molar refractivity (Wildman–Crippen MR) is 94.5 cm³/mol. The number of hydrogen-bond donors (Lipinski definition) is 1. The molecule has 0 atom stereocenters. The molecule has 0 saturated carbocycles. The van der Waals surface area contributed by atoms with Gasteiger partial charge in [0.15, 0.2) is 0 Å². The zero-order chi connectivity index (χ0) is 16.9. The Hall–Kier alpha value is -2.47. The van der Waals surface area contributed by atoms with Crippen LogP contribution in [0, 0.1) is 0 Å². The predicted octanol–water partition coefficient (Wildman–Crippen LogP) is 2.17. The number of rotatable bonds is 4. The van der Waals surface area contributed by atoms with Crippen LogP contribution in [0.2, 0.25) is 0 Å². The van der Waals surface area contributed by atoms with E-state index in [1.807, 2.05) is 23.1 Å². The van der Waals surface area contributed by atoms with Crippen molar-refractivity contribution in [2.75, 3.05) is 38.5 Å². The maximum atomic E-state index is 12.6. The highest BCUT2D eigenvalue weighted by atomic mass is 16.2. The molecule has 1 amide bonds. The summed E-state index contributed by atoms with van der Waals surface area (Å²) in [6, 6.07) is 9.73. The number of amides is 1. The lowest BCUT2D eigenvalue weighted by molar-refractivity contribution is 0.0658. The van der Waals surface area contributed by atoms with E-state index in [0.717, 1.165) is 38.3 Å². The van der Waals surface area contributed by atoms with Gasteiger partial charge in [0.2, 0.25) is 5.95 Å². The van der Waals surface area contributed by atoms with Gasteiger partial charge in [0.25, 0.3) is 5.91 Å². The molecule has 1 fully saturated rings. The minimum atomic E-state index is -0.0303. The van der Waals surface area contributed by atoms with Crippen molar-refractivity contribution in [1.29, 1.82) is 0 Å². The van der Waals surface area contributed by atoms with Crippen LogP contribution in [0.3, 0.4) is 0 Å². The fraction of sp³-hybridized carbons (Fsp3) is 0.389. The Morgan fingerprint density at radius 1 is 1.17 bits per heavy atom. The molecule has 1 aliphatic rings. The average molecular weight is 325 g/mol. The first-order chi connectivity index (χ1) is 11.7. The average Bonchev–Trinajstić information content (AvgIpc) is 2.62. The van der Waals surface area contributed by atoms with E-state index in [0.29, 0.717) is 11.6 Å².